The Labute approximate surface area is 115 Å². The lowest BCUT2D eigenvalue weighted by Gasteiger charge is -2.08. The van der Waals surface area contributed by atoms with E-state index in [4.69, 9.17) is 27.9 Å². The number of ether oxygens (including phenoxy) is 1. The van der Waals surface area contributed by atoms with E-state index < -0.39 is 0 Å². The Hall–Kier alpha value is -1.25. The van der Waals surface area contributed by atoms with Gasteiger partial charge in [0.1, 0.15) is 18.2 Å². The van der Waals surface area contributed by atoms with Gasteiger partial charge in [0.05, 0.1) is 0 Å². The van der Waals surface area contributed by atoms with Crippen LogP contribution in [0.1, 0.15) is 11.1 Å². The summed E-state index contributed by atoms with van der Waals surface area (Å²) >= 11 is 11.5. The first kappa shape index (κ1) is 13.2. The van der Waals surface area contributed by atoms with Crippen molar-refractivity contribution < 1.29 is 9.13 Å². The van der Waals surface area contributed by atoms with Crippen LogP contribution in [-0.2, 0) is 12.5 Å². The van der Waals surface area contributed by atoms with Crippen LogP contribution in [-0.4, -0.2) is 0 Å². The fourth-order valence-electron chi connectivity index (χ4n) is 1.53. The van der Waals surface area contributed by atoms with Crippen molar-refractivity contribution in [1.82, 2.24) is 0 Å². The highest BCUT2D eigenvalue weighted by Crippen LogP contribution is 2.19. The molecule has 0 unspecified atom stereocenters. The van der Waals surface area contributed by atoms with Crippen molar-refractivity contribution >= 4 is 23.2 Å². The second-order valence-electron chi connectivity index (χ2n) is 3.81. The molecule has 94 valence electrons. The summed E-state index contributed by atoms with van der Waals surface area (Å²) in [7, 11) is 0. The Morgan fingerprint density at radius 3 is 2.72 bits per heavy atom. The molecule has 0 N–H and O–H groups in total. The van der Waals surface area contributed by atoms with Gasteiger partial charge < -0.3 is 4.74 Å². The van der Waals surface area contributed by atoms with Crippen LogP contribution in [0, 0.1) is 5.82 Å². The van der Waals surface area contributed by atoms with Crippen LogP contribution in [0.3, 0.4) is 0 Å². The molecule has 4 heteroatoms. The van der Waals surface area contributed by atoms with E-state index in [-0.39, 0.29) is 12.4 Å². The molecular formula is C14H11Cl2FO. The van der Waals surface area contributed by atoms with Gasteiger partial charge in [-0.1, -0.05) is 23.7 Å². The first-order valence-corrected chi connectivity index (χ1v) is 6.32. The standard InChI is InChI=1S/C14H11Cl2FO/c15-8-10-2-1-3-13(6-10)18-9-11-7-12(16)4-5-14(11)17/h1-7H,8-9H2. The minimum Gasteiger partial charge on any atom is -0.489 e. The second kappa shape index (κ2) is 6.07. The Balaban J connectivity index is 2.08. The zero-order chi connectivity index (χ0) is 13.0. The molecule has 0 heterocycles. The third-order valence-electron chi connectivity index (χ3n) is 2.45. The van der Waals surface area contributed by atoms with Gasteiger partial charge in [-0.2, -0.15) is 0 Å². The maximum Gasteiger partial charge on any atom is 0.129 e. The van der Waals surface area contributed by atoms with E-state index in [1.807, 2.05) is 18.2 Å². The van der Waals surface area contributed by atoms with Crippen molar-refractivity contribution in [3.63, 3.8) is 0 Å². The van der Waals surface area contributed by atoms with E-state index in [0.717, 1.165) is 5.56 Å². The van der Waals surface area contributed by atoms with E-state index >= 15 is 0 Å². The molecule has 18 heavy (non-hydrogen) atoms. The van der Waals surface area contributed by atoms with E-state index in [1.54, 1.807) is 12.1 Å². The number of hydrogen-bond acceptors (Lipinski definition) is 1. The van der Waals surface area contributed by atoms with Crippen molar-refractivity contribution in [2.75, 3.05) is 0 Å². The van der Waals surface area contributed by atoms with Crippen LogP contribution in [0.2, 0.25) is 5.02 Å². The normalized spacial score (nSPS) is 10.4. The van der Waals surface area contributed by atoms with Gasteiger partial charge in [-0.15, -0.1) is 11.6 Å². The van der Waals surface area contributed by atoms with Gasteiger partial charge in [0.2, 0.25) is 0 Å². The lowest BCUT2D eigenvalue weighted by atomic mass is 10.2. The molecule has 0 aromatic heterocycles. The first-order valence-electron chi connectivity index (χ1n) is 5.40. The number of alkyl halides is 1. The molecule has 0 saturated heterocycles. The maximum atomic E-state index is 13.5. The molecule has 0 radical (unpaired) electrons. The van der Waals surface area contributed by atoms with Gasteiger partial charge in [0.25, 0.3) is 0 Å². The Morgan fingerprint density at radius 1 is 1.11 bits per heavy atom. The smallest absolute Gasteiger partial charge is 0.129 e. The second-order valence-corrected chi connectivity index (χ2v) is 4.51. The maximum absolute atomic E-state index is 13.5. The monoisotopic (exact) mass is 284 g/mol. The first-order chi connectivity index (χ1) is 8.69. The molecule has 0 aliphatic rings. The fourth-order valence-corrected chi connectivity index (χ4v) is 1.89. The SMILES string of the molecule is Fc1ccc(Cl)cc1COc1cccc(CCl)c1. The van der Waals surface area contributed by atoms with Gasteiger partial charge in [-0.25, -0.2) is 4.39 Å². The minimum absolute atomic E-state index is 0.137. The molecule has 0 atom stereocenters. The summed E-state index contributed by atoms with van der Waals surface area (Å²) in [5, 5.41) is 0.490. The summed E-state index contributed by atoms with van der Waals surface area (Å²) in [6, 6.07) is 11.8. The van der Waals surface area contributed by atoms with Crippen molar-refractivity contribution in [2.24, 2.45) is 0 Å². The lowest BCUT2D eigenvalue weighted by Crippen LogP contribution is -1.98. The summed E-state index contributed by atoms with van der Waals surface area (Å²) in [6.45, 7) is 0.137. The van der Waals surface area contributed by atoms with E-state index in [1.165, 1.54) is 12.1 Å². The largest absolute Gasteiger partial charge is 0.489 e. The molecule has 0 fully saturated rings. The molecular weight excluding hydrogens is 274 g/mol. The van der Waals surface area contributed by atoms with Gasteiger partial charge in [-0.3, -0.25) is 0 Å². The van der Waals surface area contributed by atoms with Crippen molar-refractivity contribution in [3.05, 3.63) is 64.4 Å². The molecule has 0 aliphatic carbocycles. The topological polar surface area (TPSA) is 9.23 Å². The molecule has 0 bridgehead atoms. The van der Waals surface area contributed by atoms with Crippen molar-refractivity contribution in [1.29, 1.82) is 0 Å². The third-order valence-corrected chi connectivity index (χ3v) is 3.00. The number of hydrogen-bond donors (Lipinski definition) is 0. The van der Waals surface area contributed by atoms with E-state index in [9.17, 15) is 4.39 Å². The Morgan fingerprint density at radius 2 is 1.94 bits per heavy atom. The minimum atomic E-state index is -0.326. The van der Waals surface area contributed by atoms with Crippen LogP contribution in [0.25, 0.3) is 0 Å². The van der Waals surface area contributed by atoms with Gasteiger partial charge in [0, 0.05) is 16.5 Å². The number of rotatable bonds is 4. The molecule has 0 spiro atoms. The molecule has 1 nitrogen and oxygen atoms in total. The van der Waals surface area contributed by atoms with Crippen LogP contribution < -0.4 is 4.74 Å². The summed E-state index contributed by atoms with van der Waals surface area (Å²) in [5.41, 5.74) is 1.39. The van der Waals surface area contributed by atoms with Crippen LogP contribution in [0.15, 0.2) is 42.5 Å². The zero-order valence-corrected chi connectivity index (χ0v) is 11.0. The quantitative estimate of drug-likeness (QED) is 0.733. The van der Waals surface area contributed by atoms with Crippen molar-refractivity contribution in [3.8, 4) is 5.75 Å². The summed E-state index contributed by atoms with van der Waals surface area (Å²) in [4.78, 5) is 0. The highest BCUT2D eigenvalue weighted by molar-refractivity contribution is 6.30. The van der Waals surface area contributed by atoms with Crippen LogP contribution >= 0.6 is 23.2 Å². The average molecular weight is 285 g/mol. The molecule has 0 saturated carbocycles. The van der Waals surface area contributed by atoms with Crippen molar-refractivity contribution in [2.45, 2.75) is 12.5 Å². The molecule has 2 aromatic rings. The highest BCUT2D eigenvalue weighted by Gasteiger charge is 2.04. The highest BCUT2D eigenvalue weighted by atomic mass is 35.5. The van der Waals surface area contributed by atoms with Gasteiger partial charge >= 0.3 is 0 Å². The number of halogens is 3. The van der Waals surface area contributed by atoms with E-state index in [2.05, 4.69) is 0 Å². The molecule has 0 aliphatic heterocycles. The Bertz CT molecular complexity index is 543. The zero-order valence-electron chi connectivity index (χ0n) is 9.50. The van der Waals surface area contributed by atoms with Gasteiger partial charge in [0.15, 0.2) is 0 Å². The third kappa shape index (κ3) is 3.37. The van der Waals surface area contributed by atoms with Crippen LogP contribution in [0.4, 0.5) is 4.39 Å². The summed E-state index contributed by atoms with van der Waals surface area (Å²) in [6.07, 6.45) is 0. The van der Waals surface area contributed by atoms with Gasteiger partial charge in [-0.05, 0) is 35.9 Å². The van der Waals surface area contributed by atoms with Crippen LogP contribution in [0.5, 0.6) is 5.75 Å². The Kier molecular flexibility index (Phi) is 4.45. The van der Waals surface area contributed by atoms with E-state index in [0.29, 0.717) is 22.2 Å². The predicted molar refractivity (Wildman–Crippen MR) is 71.7 cm³/mol. The number of benzene rings is 2. The summed E-state index contributed by atoms with van der Waals surface area (Å²) in [5.74, 6) is 0.753. The predicted octanol–water partition coefficient (Wildman–Crippen LogP) is 4.80. The molecule has 0 amide bonds. The average Bonchev–Trinajstić information content (AvgIpc) is 2.40. The fraction of sp³-hybridized carbons (Fsp3) is 0.143. The molecule has 2 aromatic carbocycles. The summed E-state index contributed by atoms with van der Waals surface area (Å²) < 4.78 is 19.0. The lowest BCUT2D eigenvalue weighted by molar-refractivity contribution is 0.299. The molecule has 2 rings (SSSR count).